The molecule has 5 rings (SSSR count). The van der Waals surface area contributed by atoms with Gasteiger partial charge in [-0.25, -0.2) is 0 Å². The smallest absolute Gasteiger partial charge is 0.231 e. The molecule has 1 aromatic heterocycles. The van der Waals surface area contributed by atoms with Crippen LogP contribution in [0.1, 0.15) is 35.2 Å². The van der Waals surface area contributed by atoms with E-state index in [2.05, 4.69) is 42.2 Å². The van der Waals surface area contributed by atoms with Crippen LogP contribution in [-0.2, 0) is 16.6 Å². The Hall–Kier alpha value is -3.14. The first-order valence-electron chi connectivity index (χ1n) is 10.0. The standard InChI is InChI=1S/C25H23NO3/c1-16-4-3-5-18(10-16)19-11-17(2)21(26-14-19)13-24(27)25(8-9-25)20-6-7-22-23(12-20)29-15-28-22/h3-7,10-12,14H,8-9,13,15H2,1-2H3. The molecule has 0 bridgehead atoms. The van der Waals surface area contributed by atoms with Gasteiger partial charge in [0, 0.05) is 18.2 Å². The van der Waals surface area contributed by atoms with Gasteiger partial charge in [0.25, 0.3) is 0 Å². The number of Topliss-reactive ketones (excluding diaryl/α,β-unsaturated/α-hetero) is 1. The summed E-state index contributed by atoms with van der Waals surface area (Å²) in [6.07, 6.45) is 4.00. The molecule has 0 saturated heterocycles. The third-order valence-corrected chi connectivity index (χ3v) is 6.07. The van der Waals surface area contributed by atoms with Crippen molar-refractivity contribution in [3.63, 3.8) is 0 Å². The maximum atomic E-state index is 13.2. The molecule has 2 aromatic carbocycles. The van der Waals surface area contributed by atoms with Gasteiger partial charge in [-0.05, 0) is 61.6 Å². The average molecular weight is 385 g/mol. The highest BCUT2D eigenvalue weighted by Gasteiger charge is 2.51. The number of benzene rings is 2. The van der Waals surface area contributed by atoms with E-state index >= 15 is 0 Å². The number of rotatable bonds is 5. The van der Waals surface area contributed by atoms with Crippen LogP contribution in [0, 0.1) is 13.8 Å². The van der Waals surface area contributed by atoms with E-state index in [-0.39, 0.29) is 12.6 Å². The Morgan fingerprint density at radius 2 is 1.83 bits per heavy atom. The van der Waals surface area contributed by atoms with Crippen molar-refractivity contribution in [3.8, 4) is 22.6 Å². The molecule has 0 unspecified atom stereocenters. The van der Waals surface area contributed by atoms with Gasteiger partial charge < -0.3 is 9.47 Å². The summed E-state index contributed by atoms with van der Waals surface area (Å²) >= 11 is 0. The molecule has 0 radical (unpaired) electrons. The van der Waals surface area contributed by atoms with Crippen molar-refractivity contribution in [2.24, 2.45) is 0 Å². The molecule has 1 saturated carbocycles. The minimum atomic E-state index is -0.398. The number of ether oxygens (including phenoxy) is 2. The Bertz CT molecular complexity index is 1110. The number of aromatic nitrogens is 1. The summed E-state index contributed by atoms with van der Waals surface area (Å²) in [5, 5.41) is 0. The Balaban J connectivity index is 1.38. The number of aryl methyl sites for hydroxylation is 2. The highest BCUT2D eigenvalue weighted by Crippen LogP contribution is 2.51. The van der Waals surface area contributed by atoms with Crippen LogP contribution in [0.3, 0.4) is 0 Å². The zero-order valence-electron chi connectivity index (χ0n) is 16.7. The van der Waals surface area contributed by atoms with Crippen molar-refractivity contribution in [2.75, 3.05) is 6.79 Å². The third kappa shape index (κ3) is 3.19. The molecule has 0 spiro atoms. The Kier molecular flexibility index (Phi) is 4.16. The van der Waals surface area contributed by atoms with Gasteiger partial charge in [-0.1, -0.05) is 35.9 Å². The van der Waals surface area contributed by atoms with Crippen LogP contribution < -0.4 is 9.47 Å². The normalized spacial score (nSPS) is 15.9. The van der Waals surface area contributed by atoms with Gasteiger partial charge >= 0.3 is 0 Å². The third-order valence-electron chi connectivity index (χ3n) is 6.07. The van der Waals surface area contributed by atoms with Crippen molar-refractivity contribution >= 4 is 5.78 Å². The minimum absolute atomic E-state index is 0.232. The average Bonchev–Trinajstić information content (AvgIpc) is 3.40. The minimum Gasteiger partial charge on any atom is -0.454 e. The van der Waals surface area contributed by atoms with Crippen molar-refractivity contribution in [2.45, 2.75) is 38.5 Å². The number of carbonyl (C=O) groups excluding carboxylic acids is 1. The second kappa shape index (κ2) is 6.73. The van der Waals surface area contributed by atoms with Crippen molar-refractivity contribution < 1.29 is 14.3 Å². The first-order chi connectivity index (χ1) is 14.0. The van der Waals surface area contributed by atoms with E-state index < -0.39 is 5.41 Å². The van der Waals surface area contributed by atoms with Gasteiger partial charge in [-0.2, -0.15) is 0 Å². The first kappa shape index (κ1) is 17.9. The van der Waals surface area contributed by atoms with Gasteiger partial charge in [0.1, 0.15) is 5.78 Å². The Morgan fingerprint density at radius 3 is 2.59 bits per heavy atom. The second-order valence-electron chi connectivity index (χ2n) is 8.11. The van der Waals surface area contributed by atoms with Crippen LogP contribution in [0.4, 0.5) is 0 Å². The predicted molar refractivity (Wildman–Crippen MR) is 111 cm³/mol. The molecule has 2 aliphatic rings. The number of hydrogen-bond donors (Lipinski definition) is 0. The maximum absolute atomic E-state index is 13.2. The molecule has 2 heterocycles. The maximum Gasteiger partial charge on any atom is 0.231 e. The number of hydrogen-bond acceptors (Lipinski definition) is 4. The predicted octanol–water partition coefficient (Wildman–Crippen LogP) is 4.94. The summed E-state index contributed by atoms with van der Waals surface area (Å²) in [5.41, 5.74) is 6.00. The molecular weight excluding hydrogens is 362 g/mol. The lowest BCUT2D eigenvalue weighted by molar-refractivity contribution is -0.120. The fourth-order valence-corrected chi connectivity index (χ4v) is 4.14. The SMILES string of the molecule is Cc1cccc(-c2cnc(CC(=O)C3(c4ccc5c(c4)OCO5)CC3)c(C)c2)c1. The fourth-order valence-electron chi connectivity index (χ4n) is 4.14. The lowest BCUT2D eigenvalue weighted by Gasteiger charge is -2.16. The highest BCUT2D eigenvalue weighted by atomic mass is 16.7. The molecule has 1 fully saturated rings. The number of carbonyl (C=O) groups is 1. The lowest BCUT2D eigenvalue weighted by atomic mass is 9.88. The molecule has 29 heavy (non-hydrogen) atoms. The van der Waals surface area contributed by atoms with E-state index in [1.54, 1.807) is 0 Å². The highest BCUT2D eigenvalue weighted by molar-refractivity contribution is 5.94. The van der Waals surface area contributed by atoms with Gasteiger partial charge in [-0.15, -0.1) is 0 Å². The molecule has 1 aliphatic carbocycles. The van der Waals surface area contributed by atoms with Crippen LogP contribution >= 0.6 is 0 Å². The Morgan fingerprint density at radius 1 is 1.00 bits per heavy atom. The first-order valence-corrected chi connectivity index (χ1v) is 10.0. The molecule has 1 aliphatic heterocycles. The molecule has 3 aromatic rings. The quantitative estimate of drug-likeness (QED) is 0.624. The zero-order chi connectivity index (χ0) is 20.0. The van der Waals surface area contributed by atoms with Gasteiger partial charge in [0.05, 0.1) is 11.1 Å². The topological polar surface area (TPSA) is 48.4 Å². The number of ketones is 1. The summed E-state index contributed by atoms with van der Waals surface area (Å²) in [6.45, 7) is 4.37. The molecule has 0 N–H and O–H groups in total. The van der Waals surface area contributed by atoms with E-state index in [1.807, 2.05) is 31.3 Å². The van der Waals surface area contributed by atoms with E-state index in [0.29, 0.717) is 6.42 Å². The summed E-state index contributed by atoms with van der Waals surface area (Å²) in [4.78, 5) is 17.9. The number of nitrogens with zero attached hydrogens (tertiary/aromatic N) is 1. The second-order valence-corrected chi connectivity index (χ2v) is 8.11. The van der Waals surface area contributed by atoms with E-state index in [9.17, 15) is 4.79 Å². The van der Waals surface area contributed by atoms with Crippen LogP contribution in [-0.4, -0.2) is 17.6 Å². The Labute approximate surface area is 170 Å². The van der Waals surface area contributed by atoms with Crippen LogP contribution in [0.25, 0.3) is 11.1 Å². The molecule has 146 valence electrons. The molecule has 0 amide bonds. The largest absolute Gasteiger partial charge is 0.454 e. The van der Waals surface area contributed by atoms with E-state index in [4.69, 9.17) is 9.47 Å². The van der Waals surface area contributed by atoms with Crippen molar-refractivity contribution in [3.05, 3.63) is 77.1 Å². The van der Waals surface area contributed by atoms with Crippen molar-refractivity contribution in [1.29, 1.82) is 0 Å². The van der Waals surface area contributed by atoms with Gasteiger partial charge in [0.15, 0.2) is 11.5 Å². The number of pyridine rings is 1. The van der Waals surface area contributed by atoms with E-state index in [0.717, 1.165) is 52.3 Å². The van der Waals surface area contributed by atoms with Crippen LogP contribution in [0.2, 0.25) is 0 Å². The monoisotopic (exact) mass is 385 g/mol. The van der Waals surface area contributed by atoms with Crippen LogP contribution in [0.15, 0.2) is 54.7 Å². The zero-order valence-corrected chi connectivity index (χ0v) is 16.7. The fraction of sp³-hybridized carbons (Fsp3) is 0.280. The van der Waals surface area contributed by atoms with Crippen LogP contribution in [0.5, 0.6) is 11.5 Å². The van der Waals surface area contributed by atoms with Gasteiger partial charge in [-0.3, -0.25) is 9.78 Å². The lowest BCUT2D eigenvalue weighted by Crippen LogP contribution is -2.23. The van der Waals surface area contributed by atoms with E-state index in [1.165, 1.54) is 5.56 Å². The van der Waals surface area contributed by atoms with Crippen molar-refractivity contribution in [1.82, 2.24) is 4.98 Å². The van der Waals surface area contributed by atoms with Gasteiger partial charge in [0.2, 0.25) is 6.79 Å². The summed E-state index contributed by atoms with van der Waals surface area (Å²) < 4.78 is 10.9. The molecule has 4 heteroatoms. The molecular formula is C25H23NO3. The molecule has 4 nitrogen and oxygen atoms in total. The summed E-state index contributed by atoms with van der Waals surface area (Å²) in [6, 6.07) is 16.4. The molecule has 0 atom stereocenters. The summed E-state index contributed by atoms with van der Waals surface area (Å²) in [7, 11) is 0. The number of fused-ring (bicyclic) bond motifs is 1. The summed E-state index contributed by atoms with van der Waals surface area (Å²) in [5.74, 6) is 1.72.